The van der Waals surface area contributed by atoms with Crippen LogP contribution < -0.4 is 0 Å². The molecular weight excluding hydrogens is 118 g/mol. The second-order valence-electron chi connectivity index (χ2n) is 1.86. The monoisotopic (exact) mass is 129 g/mol. The summed E-state index contributed by atoms with van der Waals surface area (Å²) in [6.45, 7) is 2.09. The van der Waals surface area contributed by atoms with E-state index in [-0.39, 0.29) is 0 Å². The maximum Gasteiger partial charge on any atom is 0.234 e. The lowest BCUT2D eigenvalue weighted by atomic mass is 10.3. The van der Waals surface area contributed by atoms with Crippen LogP contribution in [-0.4, -0.2) is 22.0 Å². The molecular formula is C5H11NOSi. The minimum Gasteiger partial charge on any atom is -0.211 e. The topological polar surface area (TPSA) is 29.4 Å². The summed E-state index contributed by atoms with van der Waals surface area (Å²) in [5.74, 6) is 0. The van der Waals surface area contributed by atoms with Gasteiger partial charge in [0.1, 0.15) is 0 Å². The van der Waals surface area contributed by atoms with Crippen LogP contribution in [0.1, 0.15) is 19.8 Å². The molecule has 3 heteroatoms. The Labute approximate surface area is 52.4 Å². The first-order valence-corrected chi connectivity index (χ1v) is 4.03. The van der Waals surface area contributed by atoms with Crippen LogP contribution in [0.15, 0.2) is 4.99 Å². The van der Waals surface area contributed by atoms with Crippen molar-refractivity contribution < 1.29 is 4.79 Å². The molecule has 0 fully saturated rings. The van der Waals surface area contributed by atoms with Gasteiger partial charge in [0.15, 0.2) is 0 Å². The highest BCUT2D eigenvalue weighted by molar-refractivity contribution is 6.12. The zero-order chi connectivity index (χ0) is 6.41. The molecule has 0 N–H and O–H groups in total. The van der Waals surface area contributed by atoms with Gasteiger partial charge in [-0.2, -0.15) is 0 Å². The molecule has 0 saturated heterocycles. The number of aliphatic imine (C=N–C) groups is 1. The Balaban J connectivity index is 3.31. The van der Waals surface area contributed by atoms with Gasteiger partial charge in [0, 0.05) is 15.9 Å². The quantitative estimate of drug-likeness (QED) is 0.295. The minimum absolute atomic E-state index is 0.303. The maximum absolute atomic E-state index is 9.62. The number of isocyanates is 1. The van der Waals surface area contributed by atoms with Crippen molar-refractivity contribution in [1.82, 2.24) is 0 Å². The summed E-state index contributed by atoms with van der Waals surface area (Å²) in [7, 11) is 0.979. The van der Waals surface area contributed by atoms with E-state index in [9.17, 15) is 4.79 Å². The largest absolute Gasteiger partial charge is 0.234 e. The summed E-state index contributed by atoms with van der Waals surface area (Å²) in [5, 5.41) is 0. The van der Waals surface area contributed by atoms with Crippen molar-refractivity contribution in [1.29, 1.82) is 0 Å². The van der Waals surface area contributed by atoms with Gasteiger partial charge in [-0.05, 0) is 6.42 Å². The van der Waals surface area contributed by atoms with Gasteiger partial charge in [-0.3, -0.25) is 0 Å². The van der Waals surface area contributed by atoms with Gasteiger partial charge in [-0.15, -0.1) is 0 Å². The summed E-state index contributed by atoms with van der Waals surface area (Å²) in [5.41, 5.74) is 0.303. The second kappa shape index (κ2) is 4.75. The number of rotatable bonds is 3. The van der Waals surface area contributed by atoms with Crippen LogP contribution in [0.25, 0.3) is 0 Å². The van der Waals surface area contributed by atoms with Crippen molar-refractivity contribution in [3.05, 3.63) is 0 Å². The van der Waals surface area contributed by atoms with Crippen LogP contribution >= 0.6 is 0 Å². The van der Waals surface area contributed by atoms with Crippen molar-refractivity contribution in [2.45, 2.75) is 25.4 Å². The fourth-order valence-electron chi connectivity index (χ4n) is 0.572. The first kappa shape index (κ1) is 7.60. The molecule has 0 bridgehead atoms. The van der Waals surface area contributed by atoms with Gasteiger partial charge in [0.25, 0.3) is 0 Å². The molecule has 0 aromatic carbocycles. The molecule has 0 saturated carbocycles. The van der Waals surface area contributed by atoms with Gasteiger partial charge < -0.3 is 0 Å². The average molecular weight is 129 g/mol. The highest BCUT2D eigenvalue weighted by Gasteiger charge is 1.92. The summed E-state index contributed by atoms with van der Waals surface area (Å²) >= 11 is 0. The Morgan fingerprint density at radius 1 is 1.88 bits per heavy atom. The van der Waals surface area contributed by atoms with Gasteiger partial charge in [0.2, 0.25) is 6.08 Å². The van der Waals surface area contributed by atoms with Crippen LogP contribution in [0.3, 0.4) is 0 Å². The van der Waals surface area contributed by atoms with Crippen molar-refractivity contribution in [2.24, 2.45) is 4.99 Å². The highest BCUT2D eigenvalue weighted by Crippen LogP contribution is 1.93. The maximum atomic E-state index is 9.62. The summed E-state index contributed by atoms with van der Waals surface area (Å²) in [6.07, 6.45) is 3.72. The fourth-order valence-corrected chi connectivity index (χ4v) is 1.26. The molecule has 1 unspecified atom stereocenters. The Morgan fingerprint density at radius 2 is 2.50 bits per heavy atom. The highest BCUT2D eigenvalue weighted by atomic mass is 28.1. The Morgan fingerprint density at radius 3 is 2.88 bits per heavy atom. The lowest BCUT2D eigenvalue weighted by molar-refractivity contribution is 0.560. The third-order valence-corrected chi connectivity index (χ3v) is 1.82. The van der Waals surface area contributed by atoms with Crippen molar-refractivity contribution in [2.75, 3.05) is 0 Å². The van der Waals surface area contributed by atoms with Crippen LogP contribution in [-0.2, 0) is 4.79 Å². The van der Waals surface area contributed by atoms with E-state index in [0.29, 0.717) is 5.67 Å². The van der Waals surface area contributed by atoms with Crippen LogP contribution in [0.4, 0.5) is 0 Å². The van der Waals surface area contributed by atoms with Crippen molar-refractivity contribution in [3.63, 3.8) is 0 Å². The smallest absolute Gasteiger partial charge is 0.211 e. The first-order chi connectivity index (χ1) is 3.81. The number of nitrogens with zero attached hydrogens (tertiary/aromatic N) is 1. The molecule has 0 amide bonds. The summed E-state index contributed by atoms with van der Waals surface area (Å²) in [6, 6.07) is 0. The normalized spacial score (nSPS) is 12.6. The molecule has 1 atom stereocenters. The molecule has 0 radical (unpaired) electrons. The number of carbonyl (C=O) groups excluding carboxylic acids is 1. The van der Waals surface area contributed by atoms with Crippen molar-refractivity contribution >= 4 is 16.3 Å². The van der Waals surface area contributed by atoms with E-state index >= 15 is 0 Å². The van der Waals surface area contributed by atoms with E-state index in [1.165, 1.54) is 0 Å². The van der Waals surface area contributed by atoms with Gasteiger partial charge >= 0.3 is 0 Å². The van der Waals surface area contributed by atoms with Gasteiger partial charge in [0.05, 0.1) is 0 Å². The molecule has 0 aromatic heterocycles. The standard InChI is InChI=1S/C5H11NOSi/c1-2-3-5(8)6-4-7/h5H,2-3H2,1,8H3. The zero-order valence-electron chi connectivity index (χ0n) is 5.35. The lowest BCUT2D eigenvalue weighted by Gasteiger charge is -1.96. The minimum atomic E-state index is 0.303. The zero-order valence-corrected chi connectivity index (χ0v) is 7.35. The first-order valence-electron chi connectivity index (χ1n) is 2.88. The molecule has 8 heavy (non-hydrogen) atoms. The number of hydrogen-bond donors (Lipinski definition) is 0. The van der Waals surface area contributed by atoms with E-state index in [0.717, 1.165) is 23.1 Å². The summed E-state index contributed by atoms with van der Waals surface area (Å²) in [4.78, 5) is 13.2. The number of hydrogen-bond acceptors (Lipinski definition) is 2. The van der Waals surface area contributed by atoms with Crippen LogP contribution in [0, 0.1) is 0 Å². The molecule has 0 aliphatic carbocycles. The third-order valence-electron chi connectivity index (χ3n) is 0.980. The fraction of sp³-hybridized carbons (Fsp3) is 0.800. The molecule has 0 aliphatic rings. The Kier molecular flexibility index (Phi) is 4.51. The summed E-state index contributed by atoms with van der Waals surface area (Å²) < 4.78 is 0. The van der Waals surface area contributed by atoms with E-state index in [1.807, 2.05) is 0 Å². The molecule has 0 heterocycles. The SMILES string of the molecule is CCCC([SiH3])N=C=O. The molecule has 0 spiro atoms. The Bertz CT molecular complexity index is 98.6. The Hall–Kier alpha value is -0.403. The molecule has 2 nitrogen and oxygen atoms in total. The van der Waals surface area contributed by atoms with E-state index in [2.05, 4.69) is 11.9 Å². The van der Waals surface area contributed by atoms with Crippen molar-refractivity contribution in [3.8, 4) is 0 Å². The molecule has 46 valence electrons. The second-order valence-corrected chi connectivity index (χ2v) is 3.19. The van der Waals surface area contributed by atoms with Gasteiger partial charge in [-0.1, -0.05) is 13.3 Å². The van der Waals surface area contributed by atoms with E-state index < -0.39 is 0 Å². The lowest BCUT2D eigenvalue weighted by Crippen LogP contribution is -2.00. The molecule has 0 rings (SSSR count). The molecule has 0 aliphatic heterocycles. The van der Waals surface area contributed by atoms with Crippen LogP contribution in [0.5, 0.6) is 0 Å². The molecule has 0 aromatic rings. The average Bonchev–Trinajstić information content (AvgIpc) is 1.68. The van der Waals surface area contributed by atoms with E-state index in [1.54, 1.807) is 6.08 Å². The van der Waals surface area contributed by atoms with E-state index in [4.69, 9.17) is 0 Å². The van der Waals surface area contributed by atoms with Gasteiger partial charge in [-0.25, -0.2) is 9.79 Å². The predicted octanol–water partition coefficient (Wildman–Crippen LogP) is -0.186. The predicted molar refractivity (Wildman–Crippen MR) is 36.8 cm³/mol. The third kappa shape index (κ3) is 3.78. The van der Waals surface area contributed by atoms with Crippen LogP contribution in [0.2, 0.25) is 0 Å².